The first-order chi connectivity index (χ1) is 9.06. The highest BCUT2D eigenvalue weighted by Crippen LogP contribution is 2.31. The first-order valence-electron chi connectivity index (χ1n) is 7.38. The maximum absolute atomic E-state index is 11.7. The van der Waals surface area contributed by atoms with Crippen LogP contribution in [-0.2, 0) is 9.59 Å². The molecule has 0 aromatic heterocycles. The summed E-state index contributed by atoms with van der Waals surface area (Å²) in [5, 5.41) is 0. The second kappa shape index (κ2) is 5.90. The summed E-state index contributed by atoms with van der Waals surface area (Å²) in [6, 6.07) is 0.402. The van der Waals surface area contributed by atoms with E-state index in [1.807, 2.05) is 11.8 Å². The molecule has 2 amide bonds. The third-order valence-electron chi connectivity index (χ3n) is 4.61. The Labute approximate surface area is 115 Å². The summed E-state index contributed by atoms with van der Waals surface area (Å²) in [5.74, 6) is -0.0803. The van der Waals surface area contributed by atoms with E-state index in [1.165, 1.54) is 0 Å². The van der Waals surface area contributed by atoms with Crippen LogP contribution < -0.4 is 5.73 Å². The number of nitrogens with two attached hydrogens (primary N) is 1. The highest BCUT2D eigenvalue weighted by atomic mass is 16.2. The summed E-state index contributed by atoms with van der Waals surface area (Å²) in [7, 11) is 0. The molecule has 2 heterocycles. The van der Waals surface area contributed by atoms with Gasteiger partial charge < -0.3 is 10.6 Å². The molecule has 5 nitrogen and oxygen atoms in total. The molecule has 2 aliphatic rings. The molecular weight excluding hydrogens is 242 g/mol. The third kappa shape index (κ3) is 2.76. The van der Waals surface area contributed by atoms with Crippen LogP contribution in [0.4, 0.5) is 0 Å². The number of likely N-dealkylation sites (tertiary alicyclic amines) is 2. The van der Waals surface area contributed by atoms with Crippen LogP contribution in [0.5, 0.6) is 0 Å². The second-order valence-electron chi connectivity index (χ2n) is 5.70. The van der Waals surface area contributed by atoms with Crippen molar-refractivity contribution in [2.45, 2.75) is 64.1 Å². The van der Waals surface area contributed by atoms with Crippen molar-refractivity contribution >= 4 is 11.8 Å². The molecule has 0 bridgehead atoms. The average Bonchev–Trinajstić information content (AvgIpc) is 2.95. The number of rotatable bonds is 4. The first kappa shape index (κ1) is 14.3. The lowest BCUT2D eigenvalue weighted by atomic mass is 10.0. The number of carbonyl (C=O) groups excluding carboxylic acids is 2. The number of hydrogen-bond acceptors (Lipinski definition) is 3. The molecule has 0 aromatic rings. The van der Waals surface area contributed by atoms with Gasteiger partial charge in [0.25, 0.3) is 0 Å². The number of hydrogen-bond donors (Lipinski definition) is 1. The van der Waals surface area contributed by atoms with E-state index in [0.29, 0.717) is 6.04 Å². The molecule has 2 saturated heterocycles. The summed E-state index contributed by atoms with van der Waals surface area (Å²) >= 11 is 0. The Morgan fingerprint density at radius 3 is 2.42 bits per heavy atom. The number of carbonyl (C=O) groups is 2. The van der Waals surface area contributed by atoms with Crippen LogP contribution >= 0.6 is 0 Å². The molecule has 19 heavy (non-hydrogen) atoms. The highest BCUT2D eigenvalue weighted by molar-refractivity contribution is 5.80. The van der Waals surface area contributed by atoms with Gasteiger partial charge in [-0.15, -0.1) is 0 Å². The zero-order valence-electron chi connectivity index (χ0n) is 12.0. The Balaban J connectivity index is 2.14. The molecular formula is C14H25N3O2. The van der Waals surface area contributed by atoms with Crippen molar-refractivity contribution in [2.75, 3.05) is 13.1 Å². The topological polar surface area (TPSA) is 66.6 Å². The zero-order valence-corrected chi connectivity index (χ0v) is 12.0. The predicted octanol–water partition coefficient (Wildman–Crippen LogP) is 0.726. The molecule has 0 aromatic carbocycles. The van der Waals surface area contributed by atoms with Gasteiger partial charge in [0.1, 0.15) is 0 Å². The maximum atomic E-state index is 11.7. The summed E-state index contributed by atoms with van der Waals surface area (Å²) in [5.41, 5.74) is 5.52. The number of primary amides is 1. The largest absolute Gasteiger partial charge is 0.368 e. The standard InChI is InChI=1S/C14H25N3O2/c1-3-11(14(15)19)17-9-5-7-13(17)12-6-4-8-16(12)10(2)18/h11-13H,3-9H2,1-2H3,(H2,15,19)/t11-,12+,13-/m1/s1. The second-order valence-corrected chi connectivity index (χ2v) is 5.70. The summed E-state index contributed by atoms with van der Waals surface area (Å²) in [6.45, 7) is 5.43. The molecule has 5 heteroatoms. The Morgan fingerprint density at radius 2 is 1.84 bits per heavy atom. The Bertz CT molecular complexity index is 359. The van der Waals surface area contributed by atoms with E-state index >= 15 is 0 Å². The normalized spacial score (nSPS) is 29.7. The van der Waals surface area contributed by atoms with Gasteiger partial charge in [-0.05, 0) is 38.6 Å². The summed E-state index contributed by atoms with van der Waals surface area (Å²) in [6.07, 6.45) is 5.03. The maximum Gasteiger partial charge on any atom is 0.234 e. The summed E-state index contributed by atoms with van der Waals surface area (Å²) in [4.78, 5) is 27.5. The Morgan fingerprint density at radius 1 is 1.21 bits per heavy atom. The molecule has 0 unspecified atom stereocenters. The van der Waals surface area contributed by atoms with Crippen LogP contribution in [0.1, 0.15) is 46.0 Å². The minimum atomic E-state index is -0.234. The average molecular weight is 267 g/mol. The van der Waals surface area contributed by atoms with Crippen LogP contribution in [-0.4, -0.2) is 52.8 Å². The lowest BCUT2D eigenvalue weighted by Crippen LogP contribution is -2.54. The van der Waals surface area contributed by atoms with Gasteiger partial charge in [-0.3, -0.25) is 14.5 Å². The van der Waals surface area contributed by atoms with Crippen LogP contribution in [0.15, 0.2) is 0 Å². The van der Waals surface area contributed by atoms with Crippen molar-refractivity contribution in [2.24, 2.45) is 5.73 Å². The van der Waals surface area contributed by atoms with Gasteiger partial charge in [-0.2, -0.15) is 0 Å². The fourth-order valence-corrected chi connectivity index (χ4v) is 3.80. The Hall–Kier alpha value is -1.10. The van der Waals surface area contributed by atoms with Gasteiger partial charge in [-0.25, -0.2) is 0 Å². The van der Waals surface area contributed by atoms with E-state index in [9.17, 15) is 9.59 Å². The molecule has 108 valence electrons. The van der Waals surface area contributed by atoms with E-state index in [1.54, 1.807) is 6.92 Å². The van der Waals surface area contributed by atoms with E-state index in [-0.39, 0.29) is 23.9 Å². The van der Waals surface area contributed by atoms with Gasteiger partial charge >= 0.3 is 0 Å². The lowest BCUT2D eigenvalue weighted by molar-refractivity contribution is -0.131. The van der Waals surface area contributed by atoms with Gasteiger partial charge in [0.2, 0.25) is 11.8 Å². The van der Waals surface area contributed by atoms with E-state index in [4.69, 9.17) is 5.73 Å². The van der Waals surface area contributed by atoms with E-state index < -0.39 is 0 Å². The predicted molar refractivity (Wildman–Crippen MR) is 73.4 cm³/mol. The van der Waals surface area contributed by atoms with E-state index in [2.05, 4.69) is 4.90 Å². The fourth-order valence-electron chi connectivity index (χ4n) is 3.80. The fraction of sp³-hybridized carbons (Fsp3) is 0.857. The van der Waals surface area contributed by atoms with Gasteiger partial charge in [-0.1, -0.05) is 6.92 Å². The quantitative estimate of drug-likeness (QED) is 0.816. The molecule has 3 atom stereocenters. The number of nitrogens with zero attached hydrogens (tertiary/aromatic N) is 2. The molecule has 2 rings (SSSR count). The first-order valence-corrected chi connectivity index (χ1v) is 7.38. The molecule has 0 radical (unpaired) electrons. The van der Waals surface area contributed by atoms with Crippen molar-refractivity contribution in [3.63, 3.8) is 0 Å². The molecule has 0 saturated carbocycles. The lowest BCUT2D eigenvalue weighted by Gasteiger charge is -2.37. The SMILES string of the molecule is CC[C@H](C(N)=O)N1CCC[C@@H]1[C@@H]1CCCN1C(C)=O. The van der Waals surface area contributed by atoms with Crippen molar-refractivity contribution in [3.05, 3.63) is 0 Å². The zero-order chi connectivity index (χ0) is 14.0. The molecule has 2 fully saturated rings. The summed E-state index contributed by atoms with van der Waals surface area (Å²) < 4.78 is 0. The Kier molecular flexibility index (Phi) is 4.45. The van der Waals surface area contributed by atoms with Crippen molar-refractivity contribution < 1.29 is 9.59 Å². The number of amides is 2. The van der Waals surface area contributed by atoms with Crippen molar-refractivity contribution in [1.29, 1.82) is 0 Å². The van der Waals surface area contributed by atoms with Crippen LogP contribution in [0.3, 0.4) is 0 Å². The minimum Gasteiger partial charge on any atom is -0.368 e. The minimum absolute atomic E-state index is 0.154. The van der Waals surface area contributed by atoms with Crippen LogP contribution in [0.25, 0.3) is 0 Å². The third-order valence-corrected chi connectivity index (χ3v) is 4.61. The van der Waals surface area contributed by atoms with Gasteiger partial charge in [0.15, 0.2) is 0 Å². The van der Waals surface area contributed by atoms with Crippen LogP contribution in [0.2, 0.25) is 0 Å². The highest BCUT2D eigenvalue weighted by Gasteiger charge is 2.41. The van der Waals surface area contributed by atoms with Gasteiger partial charge in [0.05, 0.1) is 6.04 Å². The molecule has 0 spiro atoms. The monoisotopic (exact) mass is 267 g/mol. The van der Waals surface area contributed by atoms with Crippen molar-refractivity contribution in [3.8, 4) is 0 Å². The molecule has 0 aliphatic carbocycles. The van der Waals surface area contributed by atoms with Crippen molar-refractivity contribution in [1.82, 2.24) is 9.80 Å². The molecule has 2 aliphatic heterocycles. The van der Waals surface area contributed by atoms with E-state index in [0.717, 1.165) is 45.2 Å². The van der Waals surface area contributed by atoms with Gasteiger partial charge in [0, 0.05) is 25.6 Å². The van der Waals surface area contributed by atoms with Crippen LogP contribution in [0, 0.1) is 0 Å². The molecule has 2 N–H and O–H groups in total. The smallest absolute Gasteiger partial charge is 0.234 e.